The van der Waals surface area contributed by atoms with Gasteiger partial charge in [0.15, 0.2) is 0 Å². The summed E-state index contributed by atoms with van der Waals surface area (Å²) in [7, 11) is 1.95. The standard InChI is InChI=1S/C14H27N3O/c1-10(2)12(18)8-15-7-11-9-17(6)16-13(11)14(3,4)5/h9-10,12,15,18H,7-8H2,1-6H3. The molecule has 0 saturated heterocycles. The molecule has 4 nitrogen and oxygen atoms in total. The lowest BCUT2D eigenvalue weighted by atomic mass is 9.89. The van der Waals surface area contributed by atoms with Gasteiger partial charge >= 0.3 is 0 Å². The summed E-state index contributed by atoms with van der Waals surface area (Å²) in [5.41, 5.74) is 2.38. The van der Waals surface area contributed by atoms with E-state index in [0.29, 0.717) is 6.54 Å². The fourth-order valence-corrected chi connectivity index (χ4v) is 1.89. The summed E-state index contributed by atoms with van der Waals surface area (Å²) < 4.78 is 1.86. The van der Waals surface area contributed by atoms with Gasteiger partial charge in [-0.05, 0) is 5.92 Å². The highest BCUT2D eigenvalue weighted by atomic mass is 16.3. The van der Waals surface area contributed by atoms with Crippen molar-refractivity contribution in [3.05, 3.63) is 17.5 Å². The highest BCUT2D eigenvalue weighted by Crippen LogP contribution is 2.23. The van der Waals surface area contributed by atoms with Crippen LogP contribution in [0.5, 0.6) is 0 Å². The highest BCUT2D eigenvalue weighted by molar-refractivity contribution is 5.23. The number of aryl methyl sites for hydroxylation is 1. The van der Waals surface area contributed by atoms with Crippen LogP contribution < -0.4 is 5.32 Å². The molecule has 0 saturated carbocycles. The van der Waals surface area contributed by atoms with Crippen LogP contribution in [-0.2, 0) is 19.0 Å². The Labute approximate surface area is 110 Å². The summed E-state index contributed by atoms with van der Waals surface area (Å²) in [5, 5.41) is 17.6. The molecule has 18 heavy (non-hydrogen) atoms. The average Bonchev–Trinajstić information content (AvgIpc) is 2.59. The molecule has 4 heteroatoms. The molecule has 1 atom stereocenters. The Morgan fingerprint density at radius 1 is 1.39 bits per heavy atom. The molecular weight excluding hydrogens is 226 g/mol. The Kier molecular flexibility index (Phi) is 4.93. The van der Waals surface area contributed by atoms with Crippen LogP contribution in [0.4, 0.5) is 0 Å². The Balaban J connectivity index is 2.63. The van der Waals surface area contributed by atoms with Crippen LogP contribution in [-0.4, -0.2) is 27.5 Å². The smallest absolute Gasteiger partial charge is 0.0722 e. The van der Waals surface area contributed by atoms with Crippen molar-refractivity contribution in [3.8, 4) is 0 Å². The van der Waals surface area contributed by atoms with E-state index < -0.39 is 0 Å². The summed E-state index contributed by atoms with van der Waals surface area (Å²) >= 11 is 0. The van der Waals surface area contributed by atoms with E-state index in [1.165, 1.54) is 5.56 Å². The van der Waals surface area contributed by atoms with Crippen molar-refractivity contribution in [1.29, 1.82) is 0 Å². The van der Waals surface area contributed by atoms with E-state index >= 15 is 0 Å². The first-order chi connectivity index (χ1) is 8.21. The molecule has 2 N–H and O–H groups in total. The Morgan fingerprint density at radius 3 is 2.50 bits per heavy atom. The molecule has 0 spiro atoms. The van der Waals surface area contributed by atoms with Gasteiger partial charge in [-0.2, -0.15) is 5.10 Å². The van der Waals surface area contributed by atoms with E-state index in [1.807, 2.05) is 25.6 Å². The van der Waals surface area contributed by atoms with Gasteiger partial charge in [0.05, 0.1) is 11.8 Å². The van der Waals surface area contributed by atoms with Crippen molar-refractivity contribution in [2.45, 2.75) is 52.7 Å². The lowest BCUT2D eigenvalue weighted by Gasteiger charge is -2.19. The van der Waals surface area contributed by atoms with E-state index in [4.69, 9.17) is 0 Å². The second kappa shape index (κ2) is 5.85. The highest BCUT2D eigenvalue weighted by Gasteiger charge is 2.21. The van der Waals surface area contributed by atoms with Crippen LogP contribution in [0.15, 0.2) is 6.20 Å². The van der Waals surface area contributed by atoms with E-state index in [0.717, 1.165) is 12.2 Å². The Hall–Kier alpha value is -0.870. The molecule has 0 radical (unpaired) electrons. The molecule has 1 heterocycles. The van der Waals surface area contributed by atoms with E-state index in [2.05, 4.69) is 37.4 Å². The summed E-state index contributed by atoms with van der Waals surface area (Å²) in [6.07, 6.45) is 1.76. The van der Waals surface area contributed by atoms with Crippen LogP contribution in [0.25, 0.3) is 0 Å². The first kappa shape index (κ1) is 15.2. The quantitative estimate of drug-likeness (QED) is 0.841. The van der Waals surface area contributed by atoms with Crippen molar-refractivity contribution in [2.75, 3.05) is 6.54 Å². The molecule has 1 aromatic heterocycles. The maximum absolute atomic E-state index is 9.76. The number of aliphatic hydroxyl groups excluding tert-OH is 1. The minimum atomic E-state index is -0.292. The molecule has 1 rings (SSSR count). The average molecular weight is 253 g/mol. The topological polar surface area (TPSA) is 50.1 Å². The van der Waals surface area contributed by atoms with Gasteiger partial charge in [0.25, 0.3) is 0 Å². The van der Waals surface area contributed by atoms with Crippen molar-refractivity contribution < 1.29 is 5.11 Å². The summed E-state index contributed by atoms with van der Waals surface area (Å²) in [6.45, 7) is 11.9. The molecule has 1 unspecified atom stereocenters. The molecule has 0 fully saturated rings. The lowest BCUT2D eigenvalue weighted by molar-refractivity contribution is 0.123. The minimum Gasteiger partial charge on any atom is -0.392 e. The molecular formula is C14H27N3O. The van der Waals surface area contributed by atoms with Crippen LogP contribution >= 0.6 is 0 Å². The molecule has 1 aromatic rings. The van der Waals surface area contributed by atoms with Crippen LogP contribution in [0.1, 0.15) is 45.9 Å². The van der Waals surface area contributed by atoms with Gasteiger partial charge in [-0.1, -0.05) is 34.6 Å². The van der Waals surface area contributed by atoms with Gasteiger partial charge in [0.1, 0.15) is 0 Å². The van der Waals surface area contributed by atoms with E-state index in [-0.39, 0.29) is 17.4 Å². The number of aliphatic hydroxyl groups is 1. The van der Waals surface area contributed by atoms with E-state index in [9.17, 15) is 5.11 Å². The van der Waals surface area contributed by atoms with Gasteiger partial charge in [-0.25, -0.2) is 0 Å². The van der Waals surface area contributed by atoms with Crippen molar-refractivity contribution in [3.63, 3.8) is 0 Å². The third-order valence-electron chi connectivity index (χ3n) is 3.05. The molecule has 0 aliphatic carbocycles. The lowest BCUT2D eigenvalue weighted by Crippen LogP contribution is -2.30. The zero-order valence-electron chi connectivity index (χ0n) is 12.5. The summed E-state index contributed by atoms with van der Waals surface area (Å²) in [5.74, 6) is 0.286. The van der Waals surface area contributed by atoms with Gasteiger partial charge < -0.3 is 10.4 Å². The number of aromatic nitrogens is 2. The monoisotopic (exact) mass is 253 g/mol. The van der Waals surface area contributed by atoms with Gasteiger partial charge in [0, 0.05) is 37.3 Å². The molecule has 104 valence electrons. The zero-order valence-corrected chi connectivity index (χ0v) is 12.5. The molecule has 0 aromatic carbocycles. The van der Waals surface area contributed by atoms with Crippen molar-refractivity contribution >= 4 is 0 Å². The predicted molar refractivity (Wildman–Crippen MR) is 74.5 cm³/mol. The second-order valence-corrected chi connectivity index (χ2v) is 6.37. The number of nitrogens with zero attached hydrogens (tertiary/aromatic N) is 2. The minimum absolute atomic E-state index is 0.0505. The maximum Gasteiger partial charge on any atom is 0.0722 e. The number of hydrogen-bond acceptors (Lipinski definition) is 3. The van der Waals surface area contributed by atoms with Crippen LogP contribution in [0.3, 0.4) is 0 Å². The first-order valence-electron chi connectivity index (χ1n) is 6.63. The molecule has 0 aliphatic heterocycles. The van der Waals surface area contributed by atoms with Gasteiger partial charge in [-0.15, -0.1) is 0 Å². The zero-order chi connectivity index (χ0) is 13.9. The Bertz CT molecular complexity index is 377. The maximum atomic E-state index is 9.76. The second-order valence-electron chi connectivity index (χ2n) is 6.37. The van der Waals surface area contributed by atoms with Gasteiger partial charge in [-0.3, -0.25) is 4.68 Å². The van der Waals surface area contributed by atoms with Gasteiger partial charge in [0.2, 0.25) is 0 Å². The Morgan fingerprint density at radius 2 is 2.00 bits per heavy atom. The van der Waals surface area contributed by atoms with E-state index in [1.54, 1.807) is 0 Å². The number of hydrogen-bond donors (Lipinski definition) is 2. The molecule has 0 aliphatic rings. The van der Waals surface area contributed by atoms with Crippen molar-refractivity contribution in [1.82, 2.24) is 15.1 Å². The SMILES string of the molecule is CC(C)C(O)CNCc1cn(C)nc1C(C)(C)C. The third-order valence-corrected chi connectivity index (χ3v) is 3.05. The summed E-state index contributed by atoms with van der Waals surface area (Å²) in [4.78, 5) is 0. The number of nitrogens with one attached hydrogen (secondary N) is 1. The van der Waals surface area contributed by atoms with Crippen molar-refractivity contribution in [2.24, 2.45) is 13.0 Å². The third kappa shape index (κ3) is 4.10. The van der Waals surface area contributed by atoms with Crippen LogP contribution in [0, 0.1) is 5.92 Å². The first-order valence-corrected chi connectivity index (χ1v) is 6.63. The van der Waals surface area contributed by atoms with Crippen LogP contribution in [0.2, 0.25) is 0 Å². The fraction of sp³-hybridized carbons (Fsp3) is 0.786. The molecule has 0 amide bonds. The fourth-order valence-electron chi connectivity index (χ4n) is 1.89. The predicted octanol–water partition coefficient (Wildman–Crippen LogP) is 1.82. The normalized spacial score (nSPS) is 14.2. The summed E-state index contributed by atoms with van der Waals surface area (Å²) in [6, 6.07) is 0. The molecule has 0 bridgehead atoms. The number of rotatable bonds is 5. The largest absolute Gasteiger partial charge is 0.392 e.